The van der Waals surface area contributed by atoms with Gasteiger partial charge in [-0.3, -0.25) is 0 Å². The SMILES string of the molecule is CC(C)CN(C)C(C)CCCNC(C)C. The highest BCUT2D eigenvalue weighted by Crippen LogP contribution is 2.06. The Morgan fingerprint density at radius 2 is 1.67 bits per heavy atom. The highest BCUT2D eigenvalue weighted by molar-refractivity contribution is 4.65. The smallest absolute Gasteiger partial charge is 0.00644 e. The topological polar surface area (TPSA) is 15.3 Å². The standard InChI is InChI=1S/C13H30N2/c1-11(2)10-15(6)13(5)8-7-9-14-12(3)4/h11-14H,7-10H2,1-6H3. The molecule has 0 bridgehead atoms. The van der Waals surface area contributed by atoms with Crippen molar-refractivity contribution in [3.8, 4) is 0 Å². The summed E-state index contributed by atoms with van der Waals surface area (Å²) >= 11 is 0. The lowest BCUT2D eigenvalue weighted by molar-refractivity contribution is 0.217. The van der Waals surface area contributed by atoms with E-state index in [0.29, 0.717) is 12.1 Å². The maximum absolute atomic E-state index is 3.46. The van der Waals surface area contributed by atoms with E-state index in [-0.39, 0.29) is 0 Å². The Bertz CT molecular complexity index is 143. The number of hydrogen-bond acceptors (Lipinski definition) is 2. The Kier molecular flexibility index (Phi) is 8.07. The molecule has 0 heterocycles. The zero-order valence-electron chi connectivity index (χ0n) is 11.5. The molecule has 2 heteroatoms. The van der Waals surface area contributed by atoms with Crippen LogP contribution in [0.3, 0.4) is 0 Å². The minimum atomic E-state index is 0.619. The largest absolute Gasteiger partial charge is 0.315 e. The first-order valence-corrected chi connectivity index (χ1v) is 6.37. The maximum atomic E-state index is 3.46. The molecule has 0 aromatic heterocycles. The summed E-state index contributed by atoms with van der Waals surface area (Å²) in [4.78, 5) is 2.47. The van der Waals surface area contributed by atoms with Gasteiger partial charge in [-0.05, 0) is 39.3 Å². The van der Waals surface area contributed by atoms with E-state index in [4.69, 9.17) is 0 Å². The predicted octanol–water partition coefficient (Wildman–Crippen LogP) is 2.74. The van der Waals surface area contributed by atoms with E-state index in [1.807, 2.05) is 0 Å². The highest BCUT2D eigenvalue weighted by atomic mass is 15.1. The fourth-order valence-corrected chi connectivity index (χ4v) is 1.76. The van der Waals surface area contributed by atoms with Crippen LogP contribution < -0.4 is 5.32 Å². The van der Waals surface area contributed by atoms with Crippen LogP contribution in [0.4, 0.5) is 0 Å². The molecule has 2 nitrogen and oxygen atoms in total. The summed E-state index contributed by atoms with van der Waals surface area (Å²) < 4.78 is 0. The van der Waals surface area contributed by atoms with E-state index in [9.17, 15) is 0 Å². The summed E-state index contributed by atoms with van der Waals surface area (Å²) in [5.74, 6) is 0.770. The fraction of sp³-hybridized carbons (Fsp3) is 1.00. The quantitative estimate of drug-likeness (QED) is 0.625. The molecule has 1 atom stereocenters. The molecule has 0 aromatic carbocycles. The average molecular weight is 214 g/mol. The summed E-state index contributed by atoms with van der Waals surface area (Å²) in [6.07, 6.45) is 2.57. The van der Waals surface area contributed by atoms with Crippen molar-refractivity contribution in [1.82, 2.24) is 10.2 Å². The van der Waals surface area contributed by atoms with Gasteiger partial charge in [0, 0.05) is 18.6 Å². The fourth-order valence-electron chi connectivity index (χ4n) is 1.76. The number of nitrogens with zero attached hydrogens (tertiary/aromatic N) is 1. The molecular formula is C13H30N2. The molecule has 0 spiro atoms. The normalized spacial score (nSPS) is 14.2. The van der Waals surface area contributed by atoms with Crippen LogP contribution in [0.25, 0.3) is 0 Å². The maximum Gasteiger partial charge on any atom is 0.00644 e. The van der Waals surface area contributed by atoms with E-state index >= 15 is 0 Å². The van der Waals surface area contributed by atoms with Crippen molar-refractivity contribution in [1.29, 1.82) is 0 Å². The van der Waals surface area contributed by atoms with Gasteiger partial charge in [0.2, 0.25) is 0 Å². The first kappa shape index (κ1) is 14.9. The molecular weight excluding hydrogens is 184 g/mol. The van der Waals surface area contributed by atoms with Gasteiger partial charge in [-0.1, -0.05) is 27.7 Å². The molecule has 15 heavy (non-hydrogen) atoms. The van der Waals surface area contributed by atoms with E-state index in [1.54, 1.807) is 0 Å². The molecule has 1 N–H and O–H groups in total. The second-order valence-electron chi connectivity index (χ2n) is 5.43. The van der Waals surface area contributed by atoms with Crippen LogP contribution in [-0.2, 0) is 0 Å². The van der Waals surface area contributed by atoms with Gasteiger partial charge >= 0.3 is 0 Å². The van der Waals surface area contributed by atoms with Gasteiger partial charge in [0.05, 0.1) is 0 Å². The van der Waals surface area contributed by atoms with Crippen molar-refractivity contribution in [2.75, 3.05) is 20.1 Å². The third-order valence-corrected chi connectivity index (χ3v) is 2.76. The molecule has 0 saturated carbocycles. The molecule has 0 saturated heterocycles. The van der Waals surface area contributed by atoms with Crippen molar-refractivity contribution < 1.29 is 0 Å². The lowest BCUT2D eigenvalue weighted by Gasteiger charge is -2.26. The molecule has 0 radical (unpaired) electrons. The van der Waals surface area contributed by atoms with E-state index in [1.165, 1.54) is 19.4 Å². The first-order chi connectivity index (χ1) is 6.93. The third kappa shape index (κ3) is 8.88. The lowest BCUT2D eigenvalue weighted by Crippen LogP contribution is -2.33. The Labute approximate surface area is 96.4 Å². The molecule has 0 aromatic rings. The molecule has 0 fully saturated rings. The number of hydrogen-bond donors (Lipinski definition) is 1. The summed E-state index contributed by atoms with van der Waals surface area (Å²) in [6.45, 7) is 13.7. The van der Waals surface area contributed by atoms with E-state index in [2.05, 4.69) is 51.9 Å². The predicted molar refractivity (Wildman–Crippen MR) is 69.3 cm³/mol. The van der Waals surface area contributed by atoms with E-state index < -0.39 is 0 Å². The summed E-state index contributed by atoms with van der Waals surface area (Å²) in [6, 6.07) is 1.33. The van der Waals surface area contributed by atoms with Gasteiger partial charge in [0.15, 0.2) is 0 Å². The van der Waals surface area contributed by atoms with Crippen molar-refractivity contribution in [3.05, 3.63) is 0 Å². The van der Waals surface area contributed by atoms with Gasteiger partial charge < -0.3 is 10.2 Å². The van der Waals surface area contributed by atoms with Crippen LogP contribution in [0.2, 0.25) is 0 Å². The van der Waals surface area contributed by atoms with Crippen molar-refractivity contribution >= 4 is 0 Å². The zero-order chi connectivity index (χ0) is 11.8. The molecule has 0 amide bonds. The molecule has 0 rings (SSSR count). The summed E-state index contributed by atoms with van der Waals surface area (Å²) in [5.41, 5.74) is 0. The summed E-state index contributed by atoms with van der Waals surface area (Å²) in [5, 5.41) is 3.46. The second-order valence-corrected chi connectivity index (χ2v) is 5.43. The van der Waals surface area contributed by atoms with Crippen LogP contribution in [0.15, 0.2) is 0 Å². The number of rotatable bonds is 8. The van der Waals surface area contributed by atoms with Crippen LogP contribution in [-0.4, -0.2) is 37.1 Å². The monoisotopic (exact) mass is 214 g/mol. The first-order valence-electron chi connectivity index (χ1n) is 6.37. The summed E-state index contributed by atoms with van der Waals surface area (Å²) in [7, 11) is 2.24. The zero-order valence-corrected chi connectivity index (χ0v) is 11.5. The Morgan fingerprint density at radius 3 is 2.13 bits per heavy atom. The molecule has 0 aliphatic heterocycles. The van der Waals surface area contributed by atoms with Crippen molar-refractivity contribution in [2.24, 2.45) is 5.92 Å². The van der Waals surface area contributed by atoms with Gasteiger partial charge in [-0.15, -0.1) is 0 Å². The minimum Gasteiger partial charge on any atom is -0.315 e. The number of nitrogens with one attached hydrogen (secondary N) is 1. The molecule has 92 valence electrons. The lowest BCUT2D eigenvalue weighted by atomic mass is 10.1. The minimum absolute atomic E-state index is 0.619. The van der Waals surface area contributed by atoms with Gasteiger partial charge in [0.25, 0.3) is 0 Å². The second kappa shape index (κ2) is 8.12. The van der Waals surface area contributed by atoms with Crippen LogP contribution >= 0.6 is 0 Å². The van der Waals surface area contributed by atoms with Crippen molar-refractivity contribution in [3.63, 3.8) is 0 Å². The van der Waals surface area contributed by atoms with Crippen LogP contribution in [0.1, 0.15) is 47.5 Å². The average Bonchev–Trinajstić information content (AvgIpc) is 2.10. The van der Waals surface area contributed by atoms with Crippen LogP contribution in [0, 0.1) is 5.92 Å². The third-order valence-electron chi connectivity index (χ3n) is 2.76. The van der Waals surface area contributed by atoms with Crippen molar-refractivity contribution in [2.45, 2.75) is 59.5 Å². The Hall–Kier alpha value is -0.0800. The Balaban J connectivity index is 3.51. The van der Waals surface area contributed by atoms with Gasteiger partial charge in [-0.25, -0.2) is 0 Å². The van der Waals surface area contributed by atoms with E-state index in [0.717, 1.165) is 12.5 Å². The van der Waals surface area contributed by atoms with Gasteiger partial charge in [-0.2, -0.15) is 0 Å². The van der Waals surface area contributed by atoms with Crippen LogP contribution in [0.5, 0.6) is 0 Å². The van der Waals surface area contributed by atoms with Gasteiger partial charge in [0.1, 0.15) is 0 Å². The molecule has 0 aliphatic rings. The Morgan fingerprint density at radius 1 is 1.07 bits per heavy atom. The highest BCUT2D eigenvalue weighted by Gasteiger charge is 2.09. The molecule has 1 unspecified atom stereocenters. The molecule has 0 aliphatic carbocycles.